The molecule has 0 saturated carbocycles. The number of carbonyl (C=O) groups is 1. The van der Waals surface area contributed by atoms with Crippen LogP contribution in [0.1, 0.15) is 66.0 Å². The van der Waals surface area contributed by atoms with Crippen LogP contribution in [0.2, 0.25) is 0 Å². The monoisotopic (exact) mass is 371 g/mol. The molecule has 1 aromatic heterocycles. The number of methoxy groups -OCH3 is 1. The zero-order chi connectivity index (χ0) is 19.4. The summed E-state index contributed by atoms with van der Waals surface area (Å²) in [5, 5.41) is 7.09. The molecule has 1 saturated heterocycles. The molecule has 27 heavy (non-hydrogen) atoms. The lowest BCUT2D eigenvalue weighted by Gasteiger charge is -2.28. The molecule has 0 aliphatic carbocycles. The van der Waals surface area contributed by atoms with Crippen molar-refractivity contribution in [1.29, 1.82) is 0 Å². The molecule has 146 valence electrons. The minimum atomic E-state index is -0.121. The molecule has 6 heteroatoms. The largest absolute Gasteiger partial charge is 0.497 e. The number of hydrogen-bond acceptors (Lipinski definition) is 5. The topological polar surface area (TPSA) is 67.6 Å². The average molecular weight is 371 g/mol. The first-order valence-corrected chi connectivity index (χ1v) is 9.63. The summed E-state index contributed by atoms with van der Waals surface area (Å²) in [5.41, 5.74) is 2.36. The Morgan fingerprint density at radius 1 is 1.33 bits per heavy atom. The maximum absolute atomic E-state index is 12.9. The highest BCUT2D eigenvalue weighted by atomic mass is 16.5. The molecule has 1 aliphatic rings. The van der Waals surface area contributed by atoms with E-state index in [4.69, 9.17) is 9.26 Å². The van der Waals surface area contributed by atoms with E-state index in [1.807, 2.05) is 32.9 Å². The number of hydrogen-bond donors (Lipinski definition) is 1. The van der Waals surface area contributed by atoms with Crippen molar-refractivity contribution in [3.05, 3.63) is 46.8 Å². The van der Waals surface area contributed by atoms with Crippen molar-refractivity contribution in [1.82, 2.24) is 15.4 Å². The number of aromatic nitrogens is 1. The number of amides is 1. The Morgan fingerprint density at radius 2 is 2.07 bits per heavy atom. The Labute approximate surface area is 160 Å². The lowest BCUT2D eigenvalue weighted by molar-refractivity contribution is 0.0935. The van der Waals surface area contributed by atoms with E-state index < -0.39 is 0 Å². The van der Waals surface area contributed by atoms with Gasteiger partial charge in [-0.05, 0) is 50.6 Å². The van der Waals surface area contributed by atoms with Gasteiger partial charge in [0.2, 0.25) is 0 Å². The van der Waals surface area contributed by atoms with E-state index >= 15 is 0 Å². The highest BCUT2D eigenvalue weighted by Gasteiger charge is 2.27. The zero-order valence-corrected chi connectivity index (χ0v) is 16.6. The molecule has 2 aromatic rings. The van der Waals surface area contributed by atoms with Gasteiger partial charge < -0.3 is 14.6 Å². The lowest BCUT2D eigenvalue weighted by atomic mass is 10.0. The Balaban J connectivity index is 1.79. The third-order valence-corrected chi connectivity index (χ3v) is 5.16. The standard InChI is InChI=1S/C21H29N3O3/c1-14(2)20-19(15(3)23-27-20)21(25)22-13-18(24-10-5-6-11-24)16-8-7-9-17(12-16)26-4/h7-9,12,14,18H,5-6,10-11,13H2,1-4H3,(H,22,25). The molecule has 2 heterocycles. The van der Waals surface area contributed by atoms with Crippen LogP contribution in [-0.2, 0) is 0 Å². The van der Waals surface area contributed by atoms with Gasteiger partial charge in [0.15, 0.2) is 5.76 Å². The highest BCUT2D eigenvalue weighted by molar-refractivity contribution is 5.96. The van der Waals surface area contributed by atoms with Crippen molar-refractivity contribution >= 4 is 5.91 Å². The number of nitrogens with one attached hydrogen (secondary N) is 1. The minimum Gasteiger partial charge on any atom is -0.497 e. The predicted molar refractivity (Wildman–Crippen MR) is 104 cm³/mol. The number of likely N-dealkylation sites (tertiary alicyclic amines) is 1. The second-order valence-corrected chi connectivity index (χ2v) is 7.41. The minimum absolute atomic E-state index is 0.111. The summed E-state index contributed by atoms with van der Waals surface area (Å²) in [6, 6.07) is 8.22. The second kappa shape index (κ2) is 8.57. The maximum atomic E-state index is 12.9. The smallest absolute Gasteiger partial charge is 0.256 e. The van der Waals surface area contributed by atoms with Crippen LogP contribution in [0.3, 0.4) is 0 Å². The Hall–Kier alpha value is -2.34. The number of aryl methyl sites for hydroxylation is 1. The van der Waals surface area contributed by atoms with Crippen LogP contribution in [-0.4, -0.2) is 42.7 Å². The van der Waals surface area contributed by atoms with E-state index in [9.17, 15) is 4.79 Å². The van der Waals surface area contributed by atoms with Gasteiger partial charge in [-0.25, -0.2) is 0 Å². The molecule has 6 nitrogen and oxygen atoms in total. The normalized spacial score (nSPS) is 15.9. The fourth-order valence-corrected chi connectivity index (χ4v) is 3.70. The summed E-state index contributed by atoms with van der Waals surface area (Å²) in [5.74, 6) is 1.47. The van der Waals surface area contributed by atoms with Crippen LogP contribution < -0.4 is 10.1 Å². The van der Waals surface area contributed by atoms with Crippen LogP contribution in [0, 0.1) is 6.92 Å². The third-order valence-electron chi connectivity index (χ3n) is 5.16. The van der Waals surface area contributed by atoms with Crippen molar-refractivity contribution in [3.63, 3.8) is 0 Å². The first-order valence-electron chi connectivity index (χ1n) is 9.63. The van der Waals surface area contributed by atoms with Crippen LogP contribution in [0.5, 0.6) is 5.75 Å². The van der Waals surface area contributed by atoms with Crippen LogP contribution in [0.25, 0.3) is 0 Å². The summed E-state index contributed by atoms with van der Waals surface area (Å²) in [6.07, 6.45) is 2.38. The van der Waals surface area contributed by atoms with Gasteiger partial charge in [-0.1, -0.05) is 31.1 Å². The predicted octanol–water partition coefficient (Wildman–Crippen LogP) is 3.68. The molecule has 1 aromatic carbocycles. The number of rotatable bonds is 7. The maximum Gasteiger partial charge on any atom is 0.256 e. The first-order chi connectivity index (χ1) is 13.0. The summed E-state index contributed by atoms with van der Waals surface area (Å²) in [7, 11) is 1.67. The summed E-state index contributed by atoms with van der Waals surface area (Å²) < 4.78 is 10.7. The van der Waals surface area contributed by atoms with Gasteiger partial charge in [0, 0.05) is 12.5 Å². The number of benzene rings is 1. The highest BCUT2D eigenvalue weighted by Crippen LogP contribution is 2.28. The van der Waals surface area contributed by atoms with E-state index in [-0.39, 0.29) is 17.9 Å². The van der Waals surface area contributed by atoms with Crippen molar-refractivity contribution in [2.45, 2.75) is 45.6 Å². The molecule has 0 radical (unpaired) electrons. The summed E-state index contributed by atoms with van der Waals surface area (Å²) >= 11 is 0. The fourth-order valence-electron chi connectivity index (χ4n) is 3.70. The van der Waals surface area contributed by atoms with Crippen molar-refractivity contribution in [3.8, 4) is 5.75 Å². The van der Waals surface area contributed by atoms with Gasteiger partial charge in [0.1, 0.15) is 11.3 Å². The van der Waals surface area contributed by atoms with Crippen molar-refractivity contribution in [2.75, 3.05) is 26.7 Å². The number of ether oxygens (including phenoxy) is 1. The van der Waals surface area contributed by atoms with Gasteiger partial charge in [0.25, 0.3) is 5.91 Å². The fraction of sp³-hybridized carbons (Fsp3) is 0.524. The quantitative estimate of drug-likeness (QED) is 0.804. The first kappa shape index (κ1) is 19.4. The Bertz CT molecular complexity index is 779. The molecule has 1 atom stereocenters. The van der Waals surface area contributed by atoms with Crippen molar-refractivity contribution in [2.24, 2.45) is 0 Å². The Morgan fingerprint density at radius 3 is 2.74 bits per heavy atom. The van der Waals surface area contributed by atoms with Gasteiger partial charge in [0.05, 0.1) is 18.8 Å². The van der Waals surface area contributed by atoms with Crippen LogP contribution >= 0.6 is 0 Å². The summed E-state index contributed by atoms with van der Waals surface area (Å²) in [6.45, 7) is 8.43. The average Bonchev–Trinajstić information content (AvgIpc) is 3.32. The van der Waals surface area contributed by atoms with E-state index in [1.54, 1.807) is 7.11 Å². The van der Waals surface area contributed by atoms with Gasteiger partial charge in [-0.15, -0.1) is 0 Å². The molecule has 0 bridgehead atoms. The molecule has 1 aliphatic heterocycles. The molecular weight excluding hydrogens is 342 g/mol. The lowest BCUT2D eigenvalue weighted by Crippen LogP contribution is -2.37. The van der Waals surface area contributed by atoms with Gasteiger partial charge in [-0.3, -0.25) is 9.69 Å². The molecule has 1 amide bonds. The number of nitrogens with zero attached hydrogens (tertiary/aromatic N) is 2. The molecule has 1 fully saturated rings. The van der Waals surface area contributed by atoms with E-state index in [0.717, 1.165) is 24.4 Å². The second-order valence-electron chi connectivity index (χ2n) is 7.41. The molecule has 1 N–H and O–H groups in total. The van der Waals surface area contributed by atoms with E-state index in [2.05, 4.69) is 27.5 Å². The van der Waals surface area contributed by atoms with Crippen LogP contribution in [0.4, 0.5) is 0 Å². The zero-order valence-electron chi connectivity index (χ0n) is 16.6. The van der Waals surface area contributed by atoms with Gasteiger partial charge >= 0.3 is 0 Å². The van der Waals surface area contributed by atoms with Crippen molar-refractivity contribution < 1.29 is 14.1 Å². The van der Waals surface area contributed by atoms with Gasteiger partial charge in [-0.2, -0.15) is 0 Å². The molecule has 1 unspecified atom stereocenters. The van der Waals surface area contributed by atoms with E-state index in [0.29, 0.717) is 23.6 Å². The SMILES string of the molecule is COc1cccc(C(CNC(=O)c2c(C)noc2C(C)C)N2CCCC2)c1. The number of carbonyl (C=O) groups excluding carboxylic acids is 1. The molecule has 0 spiro atoms. The third kappa shape index (κ3) is 4.33. The van der Waals surface area contributed by atoms with E-state index in [1.165, 1.54) is 12.8 Å². The molecular formula is C21H29N3O3. The molecule has 3 rings (SSSR count). The Kier molecular flexibility index (Phi) is 6.16. The van der Waals surface area contributed by atoms with Crippen LogP contribution in [0.15, 0.2) is 28.8 Å². The summed E-state index contributed by atoms with van der Waals surface area (Å²) in [4.78, 5) is 15.3.